The minimum Gasteiger partial charge on any atom is -0.393 e. The molecule has 0 bridgehead atoms. The fourth-order valence-electron chi connectivity index (χ4n) is 3.92. The van der Waals surface area contributed by atoms with E-state index in [-0.39, 0.29) is 12.2 Å². The van der Waals surface area contributed by atoms with Crippen molar-refractivity contribution < 1.29 is 9.84 Å². The van der Waals surface area contributed by atoms with Crippen molar-refractivity contribution in [1.82, 2.24) is 0 Å². The van der Waals surface area contributed by atoms with E-state index >= 15 is 0 Å². The van der Waals surface area contributed by atoms with E-state index in [1.165, 1.54) is 36.8 Å². The fourth-order valence-corrected chi connectivity index (χ4v) is 3.92. The second kappa shape index (κ2) is 6.28. The van der Waals surface area contributed by atoms with E-state index in [1.54, 1.807) is 0 Å². The summed E-state index contributed by atoms with van der Waals surface area (Å²) in [6.45, 7) is 3.05. The molecule has 0 aromatic heterocycles. The van der Waals surface area contributed by atoms with Crippen LogP contribution in [-0.2, 0) is 11.2 Å². The Morgan fingerprint density at radius 3 is 2.95 bits per heavy atom. The molecule has 1 saturated carbocycles. The van der Waals surface area contributed by atoms with Crippen molar-refractivity contribution in [3.8, 4) is 0 Å². The molecular formula is C18H26O2. The van der Waals surface area contributed by atoms with Gasteiger partial charge in [0.2, 0.25) is 0 Å². The van der Waals surface area contributed by atoms with Crippen LogP contribution in [0.3, 0.4) is 0 Å². The van der Waals surface area contributed by atoms with Crippen LogP contribution in [0.4, 0.5) is 0 Å². The molecule has 1 heterocycles. The van der Waals surface area contributed by atoms with Gasteiger partial charge in [-0.3, -0.25) is 0 Å². The molecule has 0 saturated heterocycles. The number of hydrogen-bond acceptors (Lipinski definition) is 2. The maximum Gasteiger partial charge on any atom is 0.0852 e. The number of hydrogen-bond donors (Lipinski definition) is 1. The second-order valence-electron chi connectivity index (χ2n) is 6.46. The monoisotopic (exact) mass is 274 g/mol. The van der Waals surface area contributed by atoms with Crippen LogP contribution in [0.5, 0.6) is 0 Å². The second-order valence-corrected chi connectivity index (χ2v) is 6.46. The summed E-state index contributed by atoms with van der Waals surface area (Å²) in [5.41, 5.74) is 2.69. The van der Waals surface area contributed by atoms with Gasteiger partial charge >= 0.3 is 0 Å². The minimum absolute atomic E-state index is 0.0932. The molecule has 2 heteroatoms. The lowest BCUT2D eigenvalue weighted by molar-refractivity contribution is -0.0113. The predicted octanol–water partition coefficient (Wildman–Crippen LogP) is 3.88. The highest BCUT2D eigenvalue weighted by molar-refractivity contribution is 5.30. The van der Waals surface area contributed by atoms with Gasteiger partial charge in [-0.1, -0.05) is 44.0 Å². The molecular weight excluding hydrogens is 248 g/mol. The minimum atomic E-state index is -0.206. The molecule has 3 rings (SSSR count). The predicted molar refractivity (Wildman–Crippen MR) is 80.6 cm³/mol. The Balaban J connectivity index is 1.64. The van der Waals surface area contributed by atoms with Crippen molar-refractivity contribution in [2.45, 2.75) is 57.7 Å². The van der Waals surface area contributed by atoms with Gasteiger partial charge in [0.15, 0.2) is 0 Å². The number of aliphatic hydroxyl groups excluding tert-OH is 1. The average molecular weight is 274 g/mol. The highest BCUT2D eigenvalue weighted by Gasteiger charge is 2.32. The van der Waals surface area contributed by atoms with Crippen LogP contribution < -0.4 is 0 Å². The number of rotatable bonds is 4. The largest absolute Gasteiger partial charge is 0.393 e. The van der Waals surface area contributed by atoms with Crippen LogP contribution in [0.1, 0.15) is 56.3 Å². The third kappa shape index (κ3) is 2.91. The molecule has 0 spiro atoms. The lowest BCUT2D eigenvalue weighted by Crippen LogP contribution is -2.25. The van der Waals surface area contributed by atoms with Crippen molar-refractivity contribution in [2.24, 2.45) is 11.8 Å². The summed E-state index contributed by atoms with van der Waals surface area (Å²) in [5.74, 6) is 1.31. The van der Waals surface area contributed by atoms with Gasteiger partial charge in [0.05, 0.1) is 18.8 Å². The van der Waals surface area contributed by atoms with Crippen molar-refractivity contribution in [3.05, 3.63) is 35.4 Å². The van der Waals surface area contributed by atoms with Crippen LogP contribution in [0.2, 0.25) is 0 Å². The van der Waals surface area contributed by atoms with Gasteiger partial charge < -0.3 is 9.84 Å². The Morgan fingerprint density at radius 2 is 2.15 bits per heavy atom. The first kappa shape index (κ1) is 14.1. The third-order valence-corrected chi connectivity index (χ3v) is 5.25. The molecule has 20 heavy (non-hydrogen) atoms. The molecule has 2 aliphatic rings. The SMILES string of the molecule is CCC1CCC(C(O)CC2OCCc3ccccc32)C1. The molecule has 1 fully saturated rings. The molecule has 0 radical (unpaired) electrons. The first-order valence-electron chi connectivity index (χ1n) is 8.15. The Morgan fingerprint density at radius 1 is 1.30 bits per heavy atom. The van der Waals surface area contributed by atoms with Gasteiger partial charge in [-0.2, -0.15) is 0 Å². The van der Waals surface area contributed by atoms with Crippen LogP contribution >= 0.6 is 0 Å². The van der Waals surface area contributed by atoms with Gasteiger partial charge in [-0.05, 0) is 42.2 Å². The molecule has 1 aromatic carbocycles. The molecule has 2 nitrogen and oxygen atoms in total. The number of aliphatic hydroxyl groups is 1. The molecule has 0 amide bonds. The molecule has 1 aliphatic heterocycles. The lowest BCUT2D eigenvalue weighted by Gasteiger charge is -2.29. The van der Waals surface area contributed by atoms with Gasteiger partial charge in [0, 0.05) is 6.42 Å². The molecule has 4 unspecified atom stereocenters. The molecule has 110 valence electrons. The first-order chi connectivity index (χ1) is 9.78. The van der Waals surface area contributed by atoms with E-state index in [1.807, 2.05) is 0 Å². The Bertz CT molecular complexity index is 443. The van der Waals surface area contributed by atoms with Crippen LogP contribution in [0, 0.1) is 11.8 Å². The zero-order valence-corrected chi connectivity index (χ0v) is 12.4. The Labute approximate surface area is 122 Å². The number of ether oxygens (including phenoxy) is 1. The topological polar surface area (TPSA) is 29.5 Å². The summed E-state index contributed by atoms with van der Waals surface area (Å²) in [6.07, 6.45) is 6.59. The van der Waals surface area contributed by atoms with Crippen molar-refractivity contribution in [3.63, 3.8) is 0 Å². The quantitative estimate of drug-likeness (QED) is 0.903. The third-order valence-electron chi connectivity index (χ3n) is 5.25. The summed E-state index contributed by atoms with van der Waals surface area (Å²) in [4.78, 5) is 0. The normalized spacial score (nSPS) is 31.0. The maximum atomic E-state index is 10.6. The van der Waals surface area contributed by atoms with Crippen molar-refractivity contribution >= 4 is 0 Å². The number of fused-ring (bicyclic) bond motifs is 1. The maximum absolute atomic E-state index is 10.6. The summed E-state index contributed by atoms with van der Waals surface area (Å²) < 4.78 is 5.93. The first-order valence-corrected chi connectivity index (χ1v) is 8.15. The van der Waals surface area contributed by atoms with Crippen LogP contribution in [0.15, 0.2) is 24.3 Å². The smallest absolute Gasteiger partial charge is 0.0852 e. The van der Waals surface area contributed by atoms with Gasteiger partial charge in [0.25, 0.3) is 0 Å². The van der Waals surface area contributed by atoms with E-state index in [2.05, 4.69) is 31.2 Å². The van der Waals surface area contributed by atoms with Gasteiger partial charge in [-0.15, -0.1) is 0 Å². The van der Waals surface area contributed by atoms with E-state index < -0.39 is 0 Å². The van der Waals surface area contributed by atoms with E-state index in [4.69, 9.17) is 4.74 Å². The summed E-state index contributed by atoms with van der Waals surface area (Å²) in [5, 5.41) is 10.6. The standard InChI is InChI=1S/C18H26O2/c1-2-13-7-8-15(11-13)17(19)12-18-16-6-4-3-5-14(16)9-10-20-18/h3-6,13,15,17-19H,2,7-12H2,1H3. The van der Waals surface area contributed by atoms with Crippen molar-refractivity contribution in [1.29, 1.82) is 0 Å². The van der Waals surface area contributed by atoms with E-state index in [0.29, 0.717) is 5.92 Å². The summed E-state index contributed by atoms with van der Waals surface area (Å²) in [6, 6.07) is 8.53. The lowest BCUT2D eigenvalue weighted by atomic mass is 9.89. The zero-order valence-electron chi connectivity index (χ0n) is 12.4. The highest BCUT2D eigenvalue weighted by atomic mass is 16.5. The van der Waals surface area contributed by atoms with Gasteiger partial charge in [-0.25, -0.2) is 0 Å². The van der Waals surface area contributed by atoms with E-state index in [0.717, 1.165) is 25.4 Å². The fraction of sp³-hybridized carbons (Fsp3) is 0.667. The van der Waals surface area contributed by atoms with E-state index in [9.17, 15) is 5.11 Å². The number of benzene rings is 1. The Hall–Kier alpha value is -0.860. The molecule has 1 aliphatic carbocycles. The Kier molecular flexibility index (Phi) is 4.42. The van der Waals surface area contributed by atoms with Crippen molar-refractivity contribution in [2.75, 3.05) is 6.61 Å². The van der Waals surface area contributed by atoms with Gasteiger partial charge in [0.1, 0.15) is 0 Å². The average Bonchev–Trinajstić information content (AvgIpc) is 2.97. The zero-order chi connectivity index (χ0) is 13.9. The highest BCUT2D eigenvalue weighted by Crippen LogP contribution is 2.39. The molecule has 4 atom stereocenters. The summed E-state index contributed by atoms with van der Waals surface area (Å²) in [7, 11) is 0. The van der Waals surface area contributed by atoms with Crippen LogP contribution in [0.25, 0.3) is 0 Å². The van der Waals surface area contributed by atoms with Crippen LogP contribution in [-0.4, -0.2) is 17.8 Å². The summed E-state index contributed by atoms with van der Waals surface area (Å²) >= 11 is 0. The molecule has 1 N–H and O–H groups in total. The molecule has 1 aromatic rings.